The van der Waals surface area contributed by atoms with Crippen molar-refractivity contribution in [2.75, 3.05) is 23.3 Å². The van der Waals surface area contributed by atoms with E-state index in [0.717, 1.165) is 28.7 Å². The lowest BCUT2D eigenvalue weighted by molar-refractivity contribution is -0.116. The molecule has 1 aromatic heterocycles. The predicted octanol–water partition coefficient (Wildman–Crippen LogP) is 3.31. The average Bonchev–Trinajstić information content (AvgIpc) is 2.99. The molecule has 2 aliphatic rings. The number of benzene rings is 1. The largest absolute Gasteiger partial charge is 0.508 e. The zero-order chi connectivity index (χ0) is 15.8. The Morgan fingerprint density at radius 3 is 2.65 bits per heavy atom. The second-order valence-electron chi connectivity index (χ2n) is 6.15. The van der Waals surface area contributed by atoms with Gasteiger partial charge in [0.25, 0.3) is 0 Å². The molecule has 0 spiro atoms. The Kier molecular flexibility index (Phi) is 3.69. The smallest absolute Gasteiger partial charge is 0.226 e. The summed E-state index contributed by atoms with van der Waals surface area (Å²) in [5.74, 6) is 0.985. The number of rotatable bonds is 2. The van der Waals surface area contributed by atoms with Gasteiger partial charge in [0, 0.05) is 25.4 Å². The SMILES string of the molecule is O=C1C[C@@H](c2ccc(O)cc2)c2sc(N3CCCCC3)nc2N1. The van der Waals surface area contributed by atoms with Crippen molar-refractivity contribution in [3.63, 3.8) is 0 Å². The van der Waals surface area contributed by atoms with E-state index in [4.69, 9.17) is 0 Å². The summed E-state index contributed by atoms with van der Waals surface area (Å²) in [5.41, 5.74) is 1.05. The number of phenolic OH excluding ortho intramolecular Hbond substituents is 1. The maximum absolute atomic E-state index is 12.1. The van der Waals surface area contributed by atoms with Crippen molar-refractivity contribution in [3.8, 4) is 5.75 Å². The van der Waals surface area contributed by atoms with Gasteiger partial charge in [-0.05, 0) is 37.0 Å². The average molecular weight is 329 g/mol. The molecular formula is C17H19N3O2S. The number of aromatic nitrogens is 1. The number of nitrogens with zero attached hydrogens (tertiary/aromatic N) is 2. The first-order chi connectivity index (χ1) is 11.2. The highest BCUT2D eigenvalue weighted by Gasteiger charge is 2.31. The first-order valence-electron chi connectivity index (χ1n) is 8.05. The molecule has 1 saturated heterocycles. The number of anilines is 2. The highest BCUT2D eigenvalue weighted by atomic mass is 32.1. The number of carbonyl (C=O) groups excluding carboxylic acids is 1. The first-order valence-corrected chi connectivity index (χ1v) is 8.87. The van der Waals surface area contributed by atoms with E-state index < -0.39 is 0 Å². The Morgan fingerprint density at radius 1 is 1.17 bits per heavy atom. The summed E-state index contributed by atoms with van der Waals surface area (Å²) in [6.07, 6.45) is 4.13. The van der Waals surface area contributed by atoms with Crippen molar-refractivity contribution in [2.24, 2.45) is 0 Å². The number of thiazole rings is 1. The maximum atomic E-state index is 12.1. The Morgan fingerprint density at radius 2 is 1.91 bits per heavy atom. The molecule has 1 amide bonds. The van der Waals surface area contributed by atoms with Crippen LogP contribution in [0, 0.1) is 0 Å². The summed E-state index contributed by atoms with van der Waals surface area (Å²) in [5, 5.41) is 13.4. The van der Waals surface area contributed by atoms with Crippen molar-refractivity contribution in [3.05, 3.63) is 34.7 Å². The van der Waals surface area contributed by atoms with E-state index in [1.807, 2.05) is 12.1 Å². The van der Waals surface area contributed by atoms with Crippen LogP contribution < -0.4 is 10.2 Å². The quantitative estimate of drug-likeness (QED) is 0.887. The Bertz CT molecular complexity index is 720. The van der Waals surface area contributed by atoms with Gasteiger partial charge >= 0.3 is 0 Å². The van der Waals surface area contributed by atoms with Gasteiger partial charge in [-0.15, -0.1) is 0 Å². The molecule has 0 bridgehead atoms. The number of piperidine rings is 1. The first kappa shape index (κ1) is 14.5. The fourth-order valence-electron chi connectivity index (χ4n) is 3.30. The summed E-state index contributed by atoms with van der Waals surface area (Å²) in [6.45, 7) is 2.09. The second kappa shape index (κ2) is 5.85. The van der Waals surface area contributed by atoms with E-state index in [-0.39, 0.29) is 17.6 Å². The van der Waals surface area contributed by atoms with Crippen LogP contribution in [0.3, 0.4) is 0 Å². The molecule has 23 heavy (non-hydrogen) atoms. The topological polar surface area (TPSA) is 65.5 Å². The van der Waals surface area contributed by atoms with E-state index in [2.05, 4.69) is 15.2 Å². The van der Waals surface area contributed by atoms with Crippen LogP contribution >= 0.6 is 11.3 Å². The highest BCUT2D eigenvalue weighted by Crippen LogP contribution is 2.43. The molecular weight excluding hydrogens is 310 g/mol. The Hall–Kier alpha value is -2.08. The molecule has 0 aliphatic carbocycles. The van der Waals surface area contributed by atoms with Crippen LogP contribution in [0.5, 0.6) is 5.75 Å². The second-order valence-corrected chi connectivity index (χ2v) is 7.16. The number of aromatic hydroxyl groups is 1. The number of hydrogen-bond donors (Lipinski definition) is 2. The number of nitrogens with one attached hydrogen (secondary N) is 1. The number of fused-ring (bicyclic) bond motifs is 1. The zero-order valence-corrected chi connectivity index (χ0v) is 13.6. The van der Waals surface area contributed by atoms with E-state index in [1.165, 1.54) is 19.3 Å². The van der Waals surface area contributed by atoms with Crippen LogP contribution in [0.1, 0.15) is 42.0 Å². The standard InChI is InChI=1S/C17H19N3O2S/c21-12-6-4-11(5-7-12)13-10-14(22)18-16-15(13)23-17(19-16)20-8-2-1-3-9-20/h4-7,13,21H,1-3,8-10H2,(H,18,22)/t13-/m0/s1. The highest BCUT2D eigenvalue weighted by molar-refractivity contribution is 7.16. The van der Waals surface area contributed by atoms with Crippen LogP contribution in [-0.4, -0.2) is 29.1 Å². The van der Waals surface area contributed by atoms with Gasteiger partial charge in [-0.25, -0.2) is 4.98 Å². The number of carbonyl (C=O) groups is 1. The van der Waals surface area contributed by atoms with Crippen LogP contribution in [0.2, 0.25) is 0 Å². The molecule has 6 heteroatoms. The molecule has 0 unspecified atom stereocenters. The fourth-order valence-corrected chi connectivity index (χ4v) is 4.50. The summed E-state index contributed by atoms with van der Waals surface area (Å²) in [6, 6.07) is 7.13. The van der Waals surface area contributed by atoms with E-state index in [0.29, 0.717) is 12.2 Å². The van der Waals surface area contributed by atoms with Gasteiger partial charge in [0.05, 0.1) is 4.88 Å². The van der Waals surface area contributed by atoms with Gasteiger partial charge in [-0.2, -0.15) is 0 Å². The van der Waals surface area contributed by atoms with Gasteiger partial charge < -0.3 is 15.3 Å². The van der Waals surface area contributed by atoms with Crippen molar-refractivity contribution >= 4 is 28.2 Å². The number of hydrogen-bond acceptors (Lipinski definition) is 5. The molecule has 1 aromatic carbocycles. The minimum Gasteiger partial charge on any atom is -0.508 e. The molecule has 5 nitrogen and oxygen atoms in total. The minimum atomic E-state index is 0.00562. The minimum absolute atomic E-state index is 0.00562. The lowest BCUT2D eigenvalue weighted by Crippen LogP contribution is -2.29. The monoisotopic (exact) mass is 329 g/mol. The number of amides is 1. The Balaban J connectivity index is 1.69. The lowest BCUT2D eigenvalue weighted by Gasteiger charge is -2.25. The molecule has 0 radical (unpaired) electrons. The molecule has 2 aliphatic heterocycles. The summed E-state index contributed by atoms with van der Waals surface area (Å²) >= 11 is 1.69. The zero-order valence-electron chi connectivity index (χ0n) is 12.8. The third-order valence-corrected chi connectivity index (χ3v) is 5.76. The van der Waals surface area contributed by atoms with Crippen LogP contribution in [0.25, 0.3) is 0 Å². The predicted molar refractivity (Wildman–Crippen MR) is 91.4 cm³/mol. The lowest BCUT2D eigenvalue weighted by atomic mass is 9.91. The molecule has 3 heterocycles. The molecule has 1 fully saturated rings. The fraction of sp³-hybridized carbons (Fsp3) is 0.412. The summed E-state index contributed by atoms with van der Waals surface area (Å²) in [4.78, 5) is 20.2. The van der Waals surface area contributed by atoms with Crippen molar-refractivity contribution < 1.29 is 9.90 Å². The van der Waals surface area contributed by atoms with Gasteiger partial charge in [0.1, 0.15) is 11.6 Å². The molecule has 120 valence electrons. The van der Waals surface area contributed by atoms with Crippen molar-refractivity contribution in [2.45, 2.75) is 31.6 Å². The third-order valence-electron chi connectivity index (χ3n) is 4.53. The van der Waals surface area contributed by atoms with Gasteiger partial charge in [0.2, 0.25) is 5.91 Å². The van der Waals surface area contributed by atoms with E-state index >= 15 is 0 Å². The number of phenols is 1. The van der Waals surface area contributed by atoms with Gasteiger partial charge in [-0.1, -0.05) is 23.5 Å². The normalized spacial score (nSPS) is 21.0. The molecule has 4 rings (SSSR count). The van der Waals surface area contributed by atoms with E-state index in [1.54, 1.807) is 23.5 Å². The van der Waals surface area contributed by atoms with Gasteiger partial charge in [0.15, 0.2) is 5.13 Å². The summed E-state index contributed by atoms with van der Waals surface area (Å²) < 4.78 is 0. The van der Waals surface area contributed by atoms with Crippen LogP contribution in [0.4, 0.5) is 10.9 Å². The van der Waals surface area contributed by atoms with Gasteiger partial charge in [-0.3, -0.25) is 4.79 Å². The third kappa shape index (κ3) is 2.79. The summed E-state index contributed by atoms with van der Waals surface area (Å²) in [7, 11) is 0. The molecule has 2 N–H and O–H groups in total. The van der Waals surface area contributed by atoms with E-state index in [9.17, 15) is 9.90 Å². The molecule has 0 saturated carbocycles. The van der Waals surface area contributed by atoms with Crippen molar-refractivity contribution in [1.82, 2.24) is 4.98 Å². The maximum Gasteiger partial charge on any atom is 0.226 e. The van der Waals surface area contributed by atoms with Crippen molar-refractivity contribution in [1.29, 1.82) is 0 Å². The molecule has 2 aromatic rings. The van der Waals surface area contributed by atoms with Crippen LogP contribution in [0.15, 0.2) is 24.3 Å². The van der Waals surface area contributed by atoms with Crippen LogP contribution in [-0.2, 0) is 4.79 Å². The molecule has 1 atom stereocenters. The Labute approximate surface area is 139 Å².